The first kappa shape index (κ1) is 20.0. The zero-order chi connectivity index (χ0) is 21.8. The molecule has 162 valence electrons. The van der Waals surface area contributed by atoms with Gasteiger partial charge in [-0.1, -0.05) is 60.7 Å². The summed E-state index contributed by atoms with van der Waals surface area (Å²) in [5.41, 5.74) is 3.40. The normalized spacial score (nSPS) is 15.8. The molecule has 2 heterocycles. The Labute approximate surface area is 186 Å². The van der Waals surface area contributed by atoms with E-state index in [0.717, 1.165) is 27.8 Å². The summed E-state index contributed by atoms with van der Waals surface area (Å²) in [6, 6.07) is 25.8. The predicted octanol–water partition coefficient (Wildman–Crippen LogP) is 4.44. The van der Waals surface area contributed by atoms with Crippen molar-refractivity contribution in [3.63, 3.8) is 0 Å². The van der Waals surface area contributed by atoms with Gasteiger partial charge in [0, 0.05) is 29.6 Å². The van der Waals surface area contributed by atoms with E-state index in [0.29, 0.717) is 25.4 Å². The van der Waals surface area contributed by atoms with Gasteiger partial charge in [-0.3, -0.25) is 0 Å². The molecule has 2 atom stereocenters. The van der Waals surface area contributed by atoms with Crippen LogP contribution in [0.15, 0.2) is 85.1 Å². The number of rotatable bonds is 6. The van der Waals surface area contributed by atoms with Crippen LogP contribution in [0.5, 0.6) is 11.5 Å². The van der Waals surface area contributed by atoms with E-state index < -0.39 is 0 Å². The summed E-state index contributed by atoms with van der Waals surface area (Å²) in [6.45, 7) is 1.24. The minimum atomic E-state index is -0.228. The molecule has 1 aromatic heterocycles. The topological polar surface area (TPSA) is 75.4 Å². The van der Waals surface area contributed by atoms with E-state index >= 15 is 0 Å². The maximum Gasteiger partial charge on any atom is 0.314 e. The third-order valence-corrected chi connectivity index (χ3v) is 5.72. The Morgan fingerprint density at radius 1 is 0.938 bits per heavy atom. The molecule has 0 fully saturated rings. The number of nitrogens with one attached hydrogen (secondary N) is 3. The molecule has 4 aromatic rings. The van der Waals surface area contributed by atoms with E-state index in [1.54, 1.807) is 0 Å². The molecule has 0 bridgehead atoms. The molecule has 1 aliphatic rings. The Balaban J connectivity index is 1.23. The average Bonchev–Trinajstić information content (AvgIpc) is 3.27. The number of carbonyl (C=O) groups excluding carboxylic acids is 1. The van der Waals surface area contributed by atoms with Gasteiger partial charge in [0.1, 0.15) is 6.61 Å². The van der Waals surface area contributed by atoms with Crippen LogP contribution in [0.4, 0.5) is 4.79 Å². The standard InChI is InChI=1S/C26H25N3O3/c30-26(28-14-19-17-31-24-12-6-7-13-25(24)32-19)29-15-21(18-8-2-1-3-9-18)22-16-27-23-11-5-4-10-20(22)23/h1-13,16,19,21,27H,14-15,17H2,(H2,28,29,30)/t19-,21-/m1/s1. The van der Waals surface area contributed by atoms with E-state index in [-0.39, 0.29) is 18.1 Å². The summed E-state index contributed by atoms with van der Waals surface area (Å²) in [7, 11) is 0. The lowest BCUT2D eigenvalue weighted by atomic mass is 9.91. The van der Waals surface area contributed by atoms with Crippen LogP contribution < -0.4 is 20.1 Å². The summed E-state index contributed by atoms with van der Waals surface area (Å²) in [4.78, 5) is 15.9. The molecule has 0 saturated heterocycles. The number of urea groups is 1. The Morgan fingerprint density at radius 2 is 1.69 bits per heavy atom. The van der Waals surface area contributed by atoms with E-state index in [1.165, 1.54) is 0 Å². The fraction of sp³-hybridized carbons (Fsp3) is 0.192. The maximum absolute atomic E-state index is 12.6. The lowest BCUT2D eigenvalue weighted by molar-refractivity contribution is 0.0918. The van der Waals surface area contributed by atoms with Crippen molar-refractivity contribution in [1.29, 1.82) is 0 Å². The number of ether oxygens (including phenoxy) is 2. The monoisotopic (exact) mass is 427 g/mol. The van der Waals surface area contributed by atoms with Crippen LogP contribution in [-0.4, -0.2) is 36.8 Å². The number of aromatic amines is 1. The first-order valence-corrected chi connectivity index (χ1v) is 10.8. The smallest absolute Gasteiger partial charge is 0.314 e. The van der Waals surface area contributed by atoms with Crippen molar-refractivity contribution < 1.29 is 14.3 Å². The second-order valence-electron chi connectivity index (χ2n) is 7.84. The second-order valence-corrected chi connectivity index (χ2v) is 7.84. The van der Waals surface area contributed by atoms with E-state index in [2.05, 4.69) is 39.9 Å². The van der Waals surface area contributed by atoms with Gasteiger partial charge >= 0.3 is 6.03 Å². The lowest BCUT2D eigenvalue weighted by Gasteiger charge is -2.26. The number of H-pyrrole nitrogens is 1. The van der Waals surface area contributed by atoms with Gasteiger partial charge in [0.2, 0.25) is 0 Å². The molecular formula is C26H25N3O3. The van der Waals surface area contributed by atoms with Gasteiger partial charge in [-0.2, -0.15) is 0 Å². The summed E-state index contributed by atoms with van der Waals surface area (Å²) >= 11 is 0. The third kappa shape index (κ3) is 4.25. The molecule has 0 radical (unpaired) electrons. The fourth-order valence-corrected chi connectivity index (χ4v) is 4.10. The SMILES string of the molecule is O=C(NC[C@@H]1COc2ccccc2O1)NC[C@H](c1ccccc1)c1c[nH]c2ccccc12. The van der Waals surface area contributed by atoms with Crippen molar-refractivity contribution >= 4 is 16.9 Å². The van der Waals surface area contributed by atoms with Gasteiger partial charge in [-0.15, -0.1) is 0 Å². The van der Waals surface area contributed by atoms with Gasteiger partial charge in [0.05, 0.1) is 6.54 Å². The molecule has 6 nitrogen and oxygen atoms in total. The quantitative estimate of drug-likeness (QED) is 0.426. The first-order chi connectivity index (χ1) is 15.8. The Morgan fingerprint density at radius 3 is 2.56 bits per heavy atom. The second kappa shape index (κ2) is 9.06. The minimum absolute atomic E-state index is 0.0271. The summed E-state index contributed by atoms with van der Waals surface area (Å²) in [6.07, 6.45) is 1.81. The number of carbonyl (C=O) groups is 1. The molecule has 0 saturated carbocycles. The molecule has 3 N–H and O–H groups in total. The van der Waals surface area contributed by atoms with Crippen molar-refractivity contribution in [3.8, 4) is 11.5 Å². The molecule has 1 aliphatic heterocycles. The predicted molar refractivity (Wildman–Crippen MR) is 124 cm³/mol. The average molecular weight is 428 g/mol. The molecule has 32 heavy (non-hydrogen) atoms. The van der Waals surface area contributed by atoms with Crippen molar-refractivity contribution in [3.05, 3.63) is 96.2 Å². The molecule has 3 aromatic carbocycles. The Bertz CT molecular complexity index is 1210. The van der Waals surface area contributed by atoms with Crippen LogP contribution in [0.1, 0.15) is 17.0 Å². The largest absolute Gasteiger partial charge is 0.486 e. The molecule has 0 unspecified atom stereocenters. The fourth-order valence-electron chi connectivity index (χ4n) is 4.10. The van der Waals surface area contributed by atoms with Crippen LogP contribution >= 0.6 is 0 Å². The first-order valence-electron chi connectivity index (χ1n) is 10.8. The van der Waals surface area contributed by atoms with Crippen molar-refractivity contribution in [2.75, 3.05) is 19.7 Å². The highest BCUT2D eigenvalue weighted by Crippen LogP contribution is 2.31. The van der Waals surface area contributed by atoms with Gasteiger partial charge in [-0.25, -0.2) is 4.79 Å². The Hall–Kier alpha value is -3.93. The van der Waals surface area contributed by atoms with Gasteiger partial charge in [0.15, 0.2) is 17.6 Å². The summed E-state index contributed by atoms with van der Waals surface area (Å²) in [5.74, 6) is 1.46. The number of para-hydroxylation sites is 3. The number of hydrogen-bond acceptors (Lipinski definition) is 3. The van der Waals surface area contributed by atoms with Crippen LogP contribution in [0.25, 0.3) is 10.9 Å². The molecule has 0 aliphatic carbocycles. The van der Waals surface area contributed by atoms with Gasteiger partial charge in [0.25, 0.3) is 0 Å². The van der Waals surface area contributed by atoms with Crippen molar-refractivity contribution in [2.45, 2.75) is 12.0 Å². The van der Waals surface area contributed by atoms with Crippen molar-refractivity contribution in [2.24, 2.45) is 0 Å². The number of amides is 2. The van der Waals surface area contributed by atoms with Gasteiger partial charge in [-0.05, 0) is 29.3 Å². The highest BCUT2D eigenvalue weighted by molar-refractivity contribution is 5.84. The molecule has 0 spiro atoms. The molecular weight excluding hydrogens is 402 g/mol. The highest BCUT2D eigenvalue weighted by atomic mass is 16.6. The zero-order valence-electron chi connectivity index (χ0n) is 17.6. The van der Waals surface area contributed by atoms with E-state index in [1.807, 2.05) is 60.8 Å². The molecule has 5 rings (SSSR count). The number of aromatic nitrogens is 1. The zero-order valence-corrected chi connectivity index (χ0v) is 17.6. The third-order valence-electron chi connectivity index (χ3n) is 5.72. The summed E-state index contributed by atoms with van der Waals surface area (Å²) in [5, 5.41) is 7.10. The number of benzene rings is 3. The van der Waals surface area contributed by atoms with Crippen LogP contribution in [0.3, 0.4) is 0 Å². The van der Waals surface area contributed by atoms with E-state index in [9.17, 15) is 4.79 Å². The molecule has 6 heteroatoms. The highest BCUT2D eigenvalue weighted by Gasteiger charge is 2.22. The molecule has 2 amide bonds. The van der Waals surface area contributed by atoms with Crippen LogP contribution in [0, 0.1) is 0 Å². The van der Waals surface area contributed by atoms with Gasteiger partial charge < -0.3 is 25.1 Å². The number of hydrogen-bond donors (Lipinski definition) is 3. The summed E-state index contributed by atoms with van der Waals surface area (Å²) < 4.78 is 11.6. The lowest BCUT2D eigenvalue weighted by Crippen LogP contribution is -2.45. The minimum Gasteiger partial charge on any atom is -0.486 e. The van der Waals surface area contributed by atoms with E-state index in [4.69, 9.17) is 9.47 Å². The van der Waals surface area contributed by atoms with Crippen LogP contribution in [0.2, 0.25) is 0 Å². The van der Waals surface area contributed by atoms with Crippen LogP contribution in [-0.2, 0) is 0 Å². The number of fused-ring (bicyclic) bond motifs is 2. The maximum atomic E-state index is 12.6. The van der Waals surface area contributed by atoms with Crippen molar-refractivity contribution in [1.82, 2.24) is 15.6 Å². The Kier molecular flexibility index (Phi) is 5.66.